The Bertz CT molecular complexity index is 446. The standard InChI is InChI=1S/C14H18N2/c1-2-15-9-5-7-13-11-16-10-12-6-3-4-8-14(12)13/h3-4,6,8,10-11,15H,2,5,7,9H2,1H3. The van der Waals surface area contributed by atoms with E-state index in [1.807, 2.05) is 12.4 Å². The minimum atomic E-state index is 1.05. The number of hydrogen-bond acceptors (Lipinski definition) is 2. The molecule has 1 aromatic carbocycles. The van der Waals surface area contributed by atoms with Gasteiger partial charge < -0.3 is 5.32 Å². The fraction of sp³-hybridized carbons (Fsp3) is 0.357. The molecular formula is C14H18N2. The van der Waals surface area contributed by atoms with Gasteiger partial charge >= 0.3 is 0 Å². The molecule has 0 aliphatic rings. The Morgan fingerprint density at radius 1 is 1.19 bits per heavy atom. The van der Waals surface area contributed by atoms with Crippen LogP contribution < -0.4 is 5.32 Å². The molecular weight excluding hydrogens is 196 g/mol. The lowest BCUT2D eigenvalue weighted by Gasteiger charge is -2.06. The molecule has 1 aromatic heterocycles. The molecule has 1 heterocycles. The zero-order chi connectivity index (χ0) is 11.2. The van der Waals surface area contributed by atoms with E-state index in [1.165, 1.54) is 22.8 Å². The number of aromatic nitrogens is 1. The summed E-state index contributed by atoms with van der Waals surface area (Å²) < 4.78 is 0. The first-order valence-corrected chi connectivity index (χ1v) is 5.94. The molecule has 0 aliphatic heterocycles. The van der Waals surface area contributed by atoms with Crippen molar-refractivity contribution in [3.63, 3.8) is 0 Å². The van der Waals surface area contributed by atoms with Crippen molar-refractivity contribution in [1.82, 2.24) is 10.3 Å². The average molecular weight is 214 g/mol. The van der Waals surface area contributed by atoms with Gasteiger partial charge in [0, 0.05) is 17.8 Å². The number of fused-ring (bicyclic) bond motifs is 1. The van der Waals surface area contributed by atoms with Crippen LogP contribution in [0.5, 0.6) is 0 Å². The lowest BCUT2D eigenvalue weighted by atomic mass is 10.0. The molecule has 84 valence electrons. The molecule has 2 rings (SSSR count). The normalized spacial score (nSPS) is 10.8. The minimum absolute atomic E-state index is 1.05. The third-order valence-electron chi connectivity index (χ3n) is 2.80. The summed E-state index contributed by atoms with van der Waals surface area (Å²) in [5, 5.41) is 5.93. The third-order valence-corrected chi connectivity index (χ3v) is 2.80. The summed E-state index contributed by atoms with van der Waals surface area (Å²) in [5.74, 6) is 0. The second-order valence-corrected chi connectivity index (χ2v) is 3.98. The van der Waals surface area contributed by atoms with E-state index in [2.05, 4.69) is 41.5 Å². The average Bonchev–Trinajstić information content (AvgIpc) is 2.35. The van der Waals surface area contributed by atoms with Crippen LogP contribution in [-0.2, 0) is 6.42 Å². The van der Waals surface area contributed by atoms with Crippen molar-refractivity contribution in [3.05, 3.63) is 42.2 Å². The highest BCUT2D eigenvalue weighted by atomic mass is 14.8. The molecule has 2 aromatic rings. The zero-order valence-electron chi connectivity index (χ0n) is 9.74. The highest BCUT2D eigenvalue weighted by Gasteiger charge is 2.00. The van der Waals surface area contributed by atoms with Crippen LogP contribution in [0.15, 0.2) is 36.7 Å². The highest BCUT2D eigenvalue weighted by Crippen LogP contribution is 2.17. The first kappa shape index (κ1) is 11.1. The number of nitrogens with zero attached hydrogens (tertiary/aromatic N) is 1. The molecule has 0 unspecified atom stereocenters. The van der Waals surface area contributed by atoms with Crippen LogP contribution in [0.25, 0.3) is 10.8 Å². The SMILES string of the molecule is CCNCCCc1cncc2ccccc12. The summed E-state index contributed by atoms with van der Waals surface area (Å²) in [7, 11) is 0. The number of hydrogen-bond donors (Lipinski definition) is 1. The summed E-state index contributed by atoms with van der Waals surface area (Å²) in [6.07, 6.45) is 6.20. The molecule has 0 amide bonds. The summed E-state index contributed by atoms with van der Waals surface area (Å²) in [6, 6.07) is 8.46. The van der Waals surface area contributed by atoms with E-state index in [-0.39, 0.29) is 0 Å². The Morgan fingerprint density at radius 3 is 2.94 bits per heavy atom. The van der Waals surface area contributed by atoms with E-state index in [9.17, 15) is 0 Å². The monoisotopic (exact) mass is 214 g/mol. The maximum atomic E-state index is 4.29. The van der Waals surface area contributed by atoms with Gasteiger partial charge in [-0.1, -0.05) is 31.2 Å². The van der Waals surface area contributed by atoms with Crippen molar-refractivity contribution in [2.24, 2.45) is 0 Å². The lowest BCUT2D eigenvalue weighted by molar-refractivity contribution is 0.673. The quantitative estimate of drug-likeness (QED) is 0.774. The van der Waals surface area contributed by atoms with E-state index >= 15 is 0 Å². The van der Waals surface area contributed by atoms with Gasteiger partial charge in [0.25, 0.3) is 0 Å². The summed E-state index contributed by atoms with van der Waals surface area (Å²) in [4.78, 5) is 4.29. The van der Waals surface area contributed by atoms with Gasteiger partial charge in [-0.05, 0) is 36.9 Å². The molecule has 0 fully saturated rings. The van der Waals surface area contributed by atoms with Gasteiger partial charge in [-0.3, -0.25) is 4.98 Å². The van der Waals surface area contributed by atoms with E-state index in [1.54, 1.807) is 0 Å². The van der Waals surface area contributed by atoms with Crippen molar-refractivity contribution >= 4 is 10.8 Å². The van der Waals surface area contributed by atoms with Gasteiger partial charge in [-0.15, -0.1) is 0 Å². The Balaban J connectivity index is 2.11. The Hall–Kier alpha value is -1.41. The first-order chi connectivity index (χ1) is 7.92. The summed E-state index contributed by atoms with van der Waals surface area (Å²) in [6.45, 7) is 4.27. The van der Waals surface area contributed by atoms with E-state index in [0.29, 0.717) is 0 Å². The number of pyridine rings is 1. The third kappa shape index (κ3) is 2.58. The van der Waals surface area contributed by atoms with Crippen LogP contribution in [0.2, 0.25) is 0 Å². The number of aryl methyl sites for hydroxylation is 1. The molecule has 2 heteroatoms. The van der Waals surface area contributed by atoms with Gasteiger partial charge in [0.05, 0.1) is 0 Å². The van der Waals surface area contributed by atoms with Crippen molar-refractivity contribution < 1.29 is 0 Å². The van der Waals surface area contributed by atoms with Crippen LogP contribution >= 0.6 is 0 Å². The van der Waals surface area contributed by atoms with Crippen LogP contribution in [0.3, 0.4) is 0 Å². The van der Waals surface area contributed by atoms with E-state index < -0.39 is 0 Å². The van der Waals surface area contributed by atoms with Crippen LogP contribution in [-0.4, -0.2) is 18.1 Å². The van der Waals surface area contributed by atoms with Crippen LogP contribution in [0, 0.1) is 0 Å². The Morgan fingerprint density at radius 2 is 2.06 bits per heavy atom. The maximum Gasteiger partial charge on any atom is 0.0346 e. The number of nitrogens with one attached hydrogen (secondary N) is 1. The second-order valence-electron chi connectivity index (χ2n) is 3.98. The van der Waals surface area contributed by atoms with Crippen molar-refractivity contribution in [2.45, 2.75) is 19.8 Å². The molecule has 0 saturated carbocycles. The van der Waals surface area contributed by atoms with E-state index in [4.69, 9.17) is 0 Å². The van der Waals surface area contributed by atoms with Gasteiger partial charge in [-0.25, -0.2) is 0 Å². The van der Waals surface area contributed by atoms with Crippen molar-refractivity contribution in [2.75, 3.05) is 13.1 Å². The largest absolute Gasteiger partial charge is 0.317 e. The Labute approximate surface area is 96.7 Å². The molecule has 0 spiro atoms. The molecule has 16 heavy (non-hydrogen) atoms. The number of rotatable bonds is 5. The predicted octanol–water partition coefficient (Wildman–Crippen LogP) is 2.78. The molecule has 1 N–H and O–H groups in total. The van der Waals surface area contributed by atoms with Gasteiger partial charge in [0.2, 0.25) is 0 Å². The predicted molar refractivity (Wildman–Crippen MR) is 68.6 cm³/mol. The maximum absolute atomic E-state index is 4.29. The molecule has 0 radical (unpaired) electrons. The van der Waals surface area contributed by atoms with E-state index in [0.717, 1.165) is 19.5 Å². The summed E-state index contributed by atoms with van der Waals surface area (Å²) in [5.41, 5.74) is 1.36. The van der Waals surface area contributed by atoms with Crippen LogP contribution in [0.1, 0.15) is 18.9 Å². The van der Waals surface area contributed by atoms with Crippen molar-refractivity contribution in [3.8, 4) is 0 Å². The molecule has 2 nitrogen and oxygen atoms in total. The Kier molecular flexibility index (Phi) is 3.89. The second kappa shape index (κ2) is 5.61. The fourth-order valence-corrected chi connectivity index (χ4v) is 1.96. The molecule has 0 aliphatic carbocycles. The minimum Gasteiger partial charge on any atom is -0.317 e. The van der Waals surface area contributed by atoms with Gasteiger partial charge in [0.15, 0.2) is 0 Å². The summed E-state index contributed by atoms with van der Waals surface area (Å²) >= 11 is 0. The van der Waals surface area contributed by atoms with Gasteiger partial charge in [-0.2, -0.15) is 0 Å². The lowest BCUT2D eigenvalue weighted by Crippen LogP contribution is -2.14. The molecule has 0 atom stereocenters. The first-order valence-electron chi connectivity index (χ1n) is 5.94. The van der Waals surface area contributed by atoms with Gasteiger partial charge in [0.1, 0.15) is 0 Å². The van der Waals surface area contributed by atoms with Crippen molar-refractivity contribution in [1.29, 1.82) is 0 Å². The number of benzene rings is 1. The molecule has 0 saturated heterocycles. The zero-order valence-corrected chi connectivity index (χ0v) is 9.74. The topological polar surface area (TPSA) is 24.9 Å². The smallest absolute Gasteiger partial charge is 0.0346 e. The molecule has 0 bridgehead atoms. The highest BCUT2D eigenvalue weighted by molar-refractivity contribution is 5.84. The van der Waals surface area contributed by atoms with Crippen LogP contribution in [0.4, 0.5) is 0 Å². The fourth-order valence-electron chi connectivity index (χ4n) is 1.96.